The molecule has 1 atom stereocenters. The summed E-state index contributed by atoms with van der Waals surface area (Å²) in [6.45, 7) is 5.59. The third kappa shape index (κ3) is 4.81. The Kier molecular flexibility index (Phi) is 6.45. The number of hydrogen-bond acceptors (Lipinski definition) is 3. The normalized spacial score (nSPS) is 12.3. The van der Waals surface area contributed by atoms with Gasteiger partial charge in [-0.05, 0) is 37.5 Å². The zero-order chi connectivity index (χ0) is 15.1. The molecule has 1 aromatic rings. The van der Waals surface area contributed by atoms with E-state index in [1.807, 2.05) is 13.8 Å². The van der Waals surface area contributed by atoms with Crippen LogP contribution < -0.4 is 15.8 Å². The Labute approximate surface area is 119 Å². The van der Waals surface area contributed by atoms with Crippen LogP contribution in [0.4, 0.5) is 4.39 Å². The molecule has 20 heavy (non-hydrogen) atoms. The summed E-state index contributed by atoms with van der Waals surface area (Å²) in [7, 11) is 0. The molecule has 0 unspecified atom stereocenters. The van der Waals surface area contributed by atoms with Crippen molar-refractivity contribution in [2.45, 2.75) is 45.7 Å². The van der Waals surface area contributed by atoms with E-state index < -0.39 is 5.82 Å². The fourth-order valence-corrected chi connectivity index (χ4v) is 1.82. The molecule has 0 aliphatic heterocycles. The Bertz CT molecular complexity index is 445. The lowest BCUT2D eigenvalue weighted by Gasteiger charge is -2.15. The van der Waals surface area contributed by atoms with Crippen molar-refractivity contribution in [1.29, 1.82) is 0 Å². The number of benzene rings is 1. The van der Waals surface area contributed by atoms with E-state index in [0.717, 1.165) is 12.8 Å². The van der Waals surface area contributed by atoms with E-state index in [0.29, 0.717) is 5.56 Å². The molecule has 0 saturated carbocycles. The SMILES string of the molecule is CCC(CC)NC(=O)COc1ccc([C@@H](C)N)cc1F. The van der Waals surface area contributed by atoms with Crippen LogP contribution in [-0.4, -0.2) is 18.6 Å². The Morgan fingerprint density at radius 2 is 2.05 bits per heavy atom. The van der Waals surface area contributed by atoms with Crippen LogP contribution in [0.25, 0.3) is 0 Å². The molecule has 0 saturated heterocycles. The summed E-state index contributed by atoms with van der Waals surface area (Å²) in [5, 5.41) is 2.83. The Morgan fingerprint density at radius 1 is 1.40 bits per heavy atom. The molecule has 112 valence electrons. The molecule has 0 heterocycles. The van der Waals surface area contributed by atoms with E-state index in [2.05, 4.69) is 5.32 Å². The van der Waals surface area contributed by atoms with Crippen LogP contribution >= 0.6 is 0 Å². The summed E-state index contributed by atoms with van der Waals surface area (Å²) in [4.78, 5) is 11.7. The second kappa shape index (κ2) is 7.85. The van der Waals surface area contributed by atoms with Gasteiger partial charge in [0, 0.05) is 12.1 Å². The van der Waals surface area contributed by atoms with E-state index in [4.69, 9.17) is 10.5 Å². The zero-order valence-corrected chi connectivity index (χ0v) is 12.3. The largest absolute Gasteiger partial charge is 0.481 e. The molecule has 0 radical (unpaired) electrons. The quantitative estimate of drug-likeness (QED) is 0.807. The number of ether oxygens (including phenoxy) is 1. The molecule has 1 aromatic carbocycles. The minimum atomic E-state index is -0.505. The molecule has 0 spiro atoms. The van der Waals surface area contributed by atoms with Gasteiger partial charge in [0.25, 0.3) is 5.91 Å². The molecule has 1 rings (SSSR count). The van der Waals surface area contributed by atoms with Crippen molar-refractivity contribution in [1.82, 2.24) is 5.32 Å². The standard InChI is InChI=1S/C15H23FN2O2/c1-4-12(5-2)18-15(19)9-20-14-7-6-11(10(3)17)8-13(14)16/h6-8,10,12H,4-5,9,17H2,1-3H3,(H,18,19)/t10-/m1/s1. The van der Waals surface area contributed by atoms with Crippen LogP contribution in [0.3, 0.4) is 0 Å². The van der Waals surface area contributed by atoms with Gasteiger partial charge in [-0.25, -0.2) is 4.39 Å². The lowest BCUT2D eigenvalue weighted by atomic mass is 10.1. The fraction of sp³-hybridized carbons (Fsp3) is 0.533. The average Bonchev–Trinajstić information content (AvgIpc) is 2.43. The molecular formula is C15H23FN2O2. The fourth-order valence-electron chi connectivity index (χ4n) is 1.82. The maximum absolute atomic E-state index is 13.7. The number of nitrogens with one attached hydrogen (secondary N) is 1. The van der Waals surface area contributed by atoms with Crippen LogP contribution in [0.15, 0.2) is 18.2 Å². The predicted molar refractivity (Wildman–Crippen MR) is 77.0 cm³/mol. The Morgan fingerprint density at radius 3 is 2.55 bits per heavy atom. The highest BCUT2D eigenvalue weighted by Crippen LogP contribution is 2.21. The van der Waals surface area contributed by atoms with Crippen molar-refractivity contribution in [3.05, 3.63) is 29.6 Å². The molecule has 0 aromatic heterocycles. The average molecular weight is 282 g/mol. The van der Waals surface area contributed by atoms with E-state index in [1.54, 1.807) is 13.0 Å². The number of nitrogens with two attached hydrogens (primary N) is 1. The van der Waals surface area contributed by atoms with Gasteiger partial charge in [0.1, 0.15) is 0 Å². The van der Waals surface area contributed by atoms with Gasteiger partial charge in [0.2, 0.25) is 0 Å². The summed E-state index contributed by atoms with van der Waals surface area (Å²) in [5.74, 6) is -0.682. The van der Waals surface area contributed by atoms with Crippen LogP contribution in [-0.2, 0) is 4.79 Å². The van der Waals surface area contributed by atoms with Gasteiger partial charge in [-0.2, -0.15) is 0 Å². The lowest BCUT2D eigenvalue weighted by molar-refractivity contribution is -0.123. The van der Waals surface area contributed by atoms with Crippen LogP contribution in [0.2, 0.25) is 0 Å². The van der Waals surface area contributed by atoms with Gasteiger partial charge >= 0.3 is 0 Å². The van der Waals surface area contributed by atoms with Gasteiger partial charge < -0.3 is 15.8 Å². The molecule has 4 nitrogen and oxygen atoms in total. The topological polar surface area (TPSA) is 64.3 Å². The van der Waals surface area contributed by atoms with E-state index in [-0.39, 0.29) is 30.3 Å². The molecule has 5 heteroatoms. The van der Waals surface area contributed by atoms with Crippen molar-refractivity contribution in [2.24, 2.45) is 5.73 Å². The van der Waals surface area contributed by atoms with Crippen molar-refractivity contribution in [3.8, 4) is 5.75 Å². The van der Waals surface area contributed by atoms with Crippen LogP contribution in [0, 0.1) is 5.82 Å². The first-order valence-corrected chi connectivity index (χ1v) is 6.95. The van der Waals surface area contributed by atoms with E-state index in [1.165, 1.54) is 12.1 Å². The summed E-state index contributed by atoms with van der Waals surface area (Å²) in [6.07, 6.45) is 1.72. The molecule has 0 fully saturated rings. The van der Waals surface area contributed by atoms with Gasteiger partial charge in [0.05, 0.1) is 0 Å². The minimum absolute atomic E-state index is 0.0640. The zero-order valence-electron chi connectivity index (χ0n) is 12.3. The molecule has 0 aliphatic carbocycles. The van der Waals surface area contributed by atoms with Crippen LogP contribution in [0.5, 0.6) is 5.75 Å². The molecule has 1 amide bonds. The number of carbonyl (C=O) groups excluding carboxylic acids is 1. The highest BCUT2D eigenvalue weighted by molar-refractivity contribution is 5.77. The monoisotopic (exact) mass is 282 g/mol. The first-order valence-electron chi connectivity index (χ1n) is 6.95. The predicted octanol–water partition coefficient (Wildman–Crippen LogP) is 2.53. The molecule has 3 N–H and O–H groups in total. The van der Waals surface area contributed by atoms with Crippen molar-refractivity contribution >= 4 is 5.91 Å². The maximum atomic E-state index is 13.7. The van der Waals surface area contributed by atoms with Gasteiger partial charge in [-0.3, -0.25) is 4.79 Å². The summed E-state index contributed by atoms with van der Waals surface area (Å²) in [6, 6.07) is 4.42. The summed E-state index contributed by atoms with van der Waals surface area (Å²) < 4.78 is 18.9. The van der Waals surface area contributed by atoms with Gasteiger partial charge in [0.15, 0.2) is 18.2 Å². The van der Waals surface area contributed by atoms with Crippen molar-refractivity contribution in [3.63, 3.8) is 0 Å². The second-order valence-electron chi connectivity index (χ2n) is 4.85. The number of carbonyl (C=O) groups is 1. The summed E-state index contributed by atoms with van der Waals surface area (Å²) in [5.41, 5.74) is 6.36. The Balaban J connectivity index is 2.55. The lowest BCUT2D eigenvalue weighted by Crippen LogP contribution is -2.37. The third-order valence-electron chi connectivity index (χ3n) is 3.19. The number of halogens is 1. The molecule has 0 aliphatic rings. The highest BCUT2D eigenvalue weighted by Gasteiger charge is 2.11. The van der Waals surface area contributed by atoms with Crippen molar-refractivity contribution in [2.75, 3.05) is 6.61 Å². The first kappa shape index (κ1) is 16.4. The highest BCUT2D eigenvalue weighted by atomic mass is 19.1. The maximum Gasteiger partial charge on any atom is 0.258 e. The van der Waals surface area contributed by atoms with E-state index >= 15 is 0 Å². The van der Waals surface area contributed by atoms with E-state index in [9.17, 15) is 9.18 Å². The third-order valence-corrected chi connectivity index (χ3v) is 3.19. The second-order valence-corrected chi connectivity index (χ2v) is 4.85. The molecular weight excluding hydrogens is 259 g/mol. The minimum Gasteiger partial charge on any atom is -0.481 e. The molecule has 0 bridgehead atoms. The smallest absolute Gasteiger partial charge is 0.258 e. The first-order chi connectivity index (χ1) is 9.47. The van der Waals surface area contributed by atoms with Crippen LogP contribution in [0.1, 0.15) is 45.2 Å². The number of amides is 1. The van der Waals surface area contributed by atoms with Gasteiger partial charge in [-0.15, -0.1) is 0 Å². The van der Waals surface area contributed by atoms with Gasteiger partial charge in [-0.1, -0.05) is 19.9 Å². The Hall–Kier alpha value is -1.62. The number of hydrogen-bond donors (Lipinski definition) is 2. The van der Waals surface area contributed by atoms with Crippen molar-refractivity contribution < 1.29 is 13.9 Å². The summed E-state index contributed by atoms with van der Waals surface area (Å²) >= 11 is 0. The number of rotatable bonds is 7.